The molecular formula is C17H26FN3. The average molecular weight is 291 g/mol. The second-order valence-electron chi connectivity index (χ2n) is 5.90. The second kappa shape index (κ2) is 8.01. The summed E-state index contributed by atoms with van der Waals surface area (Å²) in [5.41, 5.74) is 1.05. The molecule has 116 valence electrons. The lowest BCUT2D eigenvalue weighted by Gasteiger charge is -2.33. The Hall–Kier alpha value is -1.58. The van der Waals surface area contributed by atoms with E-state index in [1.165, 1.54) is 18.9 Å². The Labute approximate surface area is 127 Å². The van der Waals surface area contributed by atoms with E-state index in [0.29, 0.717) is 0 Å². The van der Waals surface area contributed by atoms with Crippen molar-refractivity contribution in [2.24, 2.45) is 10.9 Å². The third kappa shape index (κ3) is 5.03. The van der Waals surface area contributed by atoms with Crippen LogP contribution in [-0.4, -0.2) is 37.5 Å². The highest BCUT2D eigenvalue weighted by molar-refractivity contribution is 5.79. The fraction of sp³-hybridized carbons (Fsp3) is 0.588. The summed E-state index contributed by atoms with van der Waals surface area (Å²) in [6, 6.07) is 6.85. The lowest BCUT2D eigenvalue weighted by atomic mass is 10.0. The van der Waals surface area contributed by atoms with Gasteiger partial charge in [0.2, 0.25) is 0 Å². The molecule has 1 aromatic carbocycles. The van der Waals surface area contributed by atoms with Gasteiger partial charge in [0.25, 0.3) is 0 Å². The predicted molar refractivity (Wildman–Crippen MR) is 86.1 cm³/mol. The van der Waals surface area contributed by atoms with Crippen LogP contribution < -0.4 is 5.32 Å². The van der Waals surface area contributed by atoms with Crippen LogP contribution in [0.3, 0.4) is 0 Å². The number of piperidine rings is 1. The first-order chi connectivity index (χ1) is 10.2. The third-order valence-corrected chi connectivity index (χ3v) is 3.98. The summed E-state index contributed by atoms with van der Waals surface area (Å²) in [5.74, 6) is 1.59. The first kappa shape index (κ1) is 15.8. The Balaban J connectivity index is 1.73. The zero-order valence-electron chi connectivity index (χ0n) is 13.1. The Bertz CT molecular complexity index is 473. The van der Waals surface area contributed by atoms with Gasteiger partial charge in [0.05, 0.1) is 0 Å². The molecule has 0 radical (unpaired) electrons. The Kier molecular flexibility index (Phi) is 6.03. The summed E-state index contributed by atoms with van der Waals surface area (Å²) in [4.78, 5) is 6.72. The van der Waals surface area contributed by atoms with Crippen LogP contribution >= 0.6 is 0 Å². The number of benzene rings is 1. The molecule has 1 aromatic rings. The van der Waals surface area contributed by atoms with Crippen molar-refractivity contribution in [2.45, 2.75) is 32.6 Å². The third-order valence-electron chi connectivity index (χ3n) is 3.98. The summed E-state index contributed by atoms with van der Waals surface area (Å²) in [7, 11) is 1.84. The fourth-order valence-corrected chi connectivity index (χ4v) is 2.90. The number of nitrogens with zero attached hydrogens (tertiary/aromatic N) is 2. The van der Waals surface area contributed by atoms with Crippen LogP contribution in [0, 0.1) is 11.7 Å². The van der Waals surface area contributed by atoms with Gasteiger partial charge in [0, 0.05) is 26.7 Å². The molecule has 1 unspecified atom stereocenters. The van der Waals surface area contributed by atoms with Gasteiger partial charge in [-0.1, -0.05) is 19.1 Å². The minimum absolute atomic E-state index is 0.154. The zero-order valence-corrected chi connectivity index (χ0v) is 13.1. The topological polar surface area (TPSA) is 27.6 Å². The van der Waals surface area contributed by atoms with Crippen LogP contribution in [0.2, 0.25) is 0 Å². The van der Waals surface area contributed by atoms with Gasteiger partial charge >= 0.3 is 0 Å². The maximum absolute atomic E-state index is 13.1. The van der Waals surface area contributed by atoms with E-state index in [1.807, 2.05) is 13.1 Å². The van der Waals surface area contributed by atoms with Crippen LogP contribution in [0.15, 0.2) is 29.3 Å². The number of hydrogen-bond donors (Lipinski definition) is 1. The van der Waals surface area contributed by atoms with E-state index in [2.05, 4.69) is 22.1 Å². The lowest BCUT2D eigenvalue weighted by Crippen LogP contribution is -2.46. The van der Waals surface area contributed by atoms with Gasteiger partial charge in [-0.15, -0.1) is 0 Å². The van der Waals surface area contributed by atoms with Crippen LogP contribution in [0.25, 0.3) is 0 Å². The van der Waals surface area contributed by atoms with E-state index in [4.69, 9.17) is 0 Å². The van der Waals surface area contributed by atoms with Gasteiger partial charge in [-0.25, -0.2) is 4.39 Å². The van der Waals surface area contributed by atoms with E-state index >= 15 is 0 Å². The van der Waals surface area contributed by atoms with Crippen molar-refractivity contribution in [2.75, 3.05) is 26.7 Å². The molecule has 1 N–H and O–H groups in total. The number of likely N-dealkylation sites (tertiary alicyclic amines) is 1. The molecule has 1 atom stereocenters. The monoisotopic (exact) mass is 291 g/mol. The summed E-state index contributed by atoms with van der Waals surface area (Å²) < 4.78 is 13.1. The molecule has 3 nitrogen and oxygen atoms in total. The molecule has 1 aliphatic heterocycles. The molecule has 0 saturated carbocycles. The van der Waals surface area contributed by atoms with E-state index in [9.17, 15) is 4.39 Å². The first-order valence-electron chi connectivity index (χ1n) is 7.89. The molecule has 0 amide bonds. The summed E-state index contributed by atoms with van der Waals surface area (Å²) in [6.07, 6.45) is 4.42. The molecular weight excluding hydrogens is 265 g/mol. The van der Waals surface area contributed by atoms with Crippen molar-refractivity contribution in [3.8, 4) is 0 Å². The number of nitrogens with one attached hydrogen (secondary N) is 1. The molecule has 21 heavy (non-hydrogen) atoms. The first-order valence-corrected chi connectivity index (χ1v) is 7.89. The van der Waals surface area contributed by atoms with Gasteiger partial charge in [-0.3, -0.25) is 4.99 Å². The van der Waals surface area contributed by atoms with Crippen LogP contribution in [0.5, 0.6) is 0 Å². The number of rotatable bonds is 4. The number of guanidine groups is 1. The van der Waals surface area contributed by atoms with Crippen molar-refractivity contribution < 1.29 is 4.39 Å². The van der Waals surface area contributed by atoms with Gasteiger partial charge in [0.15, 0.2) is 5.96 Å². The molecule has 0 bridgehead atoms. The Morgan fingerprint density at radius 3 is 3.05 bits per heavy atom. The highest BCUT2D eigenvalue weighted by Gasteiger charge is 2.18. The van der Waals surface area contributed by atoms with E-state index < -0.39 is 0 Å². The second-order valence-corrected chi connectivity index (χ2v) is 5.90. The number of hydrogen-bond acceptors (Lipinski definition) is 1. The van der Waals surface area contributed by atoms with E-state index in [-0.39, 0.29) is 5.82 Å². The molecule has 0 spiro atoms. The number of aliphatic imine (C=N–C) groups is 1. The maximum atomic E-state index is 13.1. The summed E-state index contributed by atoms with van der Waals surface area (Å²) >= 11 is 0. The van der Waals surface area contributed by atoms with Crippen LogP contribution in [-0.2, 0) is 6.42 Å². The lowest BCUT2D eigenvalue weighted by molar-refractivity contribution is 0.266. The smallest absolute Gasteiger partial charge is 0.193 e. The van der Waals surface area contributed by atoms with Crippen molar-refractivity contribution >= 4 is 5.96 Å². The Morgan fingerprint density at radius 2 is 2.33 bits per heavy atom. The summed E-state index contributed by atoms with van der Waals surface area (Å²) in [5, 5.41) is 3.43. The van der Waals surface area contributed by atoms with Crippen molar-refractivity contribution in [1.29, 1.82) is 0 Å². The summed E-state index contributed by atoms with van der Waals surface area (Å²) in [6.45, 7) is 5.34. The fourth-order valence-electron chi connectivity index (χ4n) is 2.90. The highest BCUT2D eigenvalue weighted by Crippen LogP contribution is 2.15. The number of aryl methyl sites for hydroxylation is 1. The van der Waals surface area contributed by atoms with Crippen molar-refractivity contribution in [3.63, 3.8) is 0 Å². The Morgan fingerprint density at radius 1 is 1.48 bits per heavy atom. The predicted octanol–water partition coefficient (Wildman–Crippen LogP) is 3.07. The quantitative estimate of drug-likeness (QED) is 0.524. The molecule has 1 aliphatic rings. The van der Waals surface area contributed by atoms with Crippen LogP contribution in [0.4, 0.5) is 4.39 Å². The molecule has 2 rings (SSSR count). The standard InChI is InChI=1S/C17H26FN3/c1-14-6-5-11-21(13-14)17(19-2)20-10-4-8-15-7-3-9-16(18)12-15/h3,7,9,12,14H,4-6,8,10-11,13H2,1-2H3,(H,19,20). The average Bonchev–Trinajstić information content (AvgIpc) is 2.47. The molecule has 0 aliphatic carbocycles. The van der Waals surface area contributed by atoms with Crippen molar-refractivity contribution in [1.82, 2.24) is 10.2 Å². The molecule has 1 heterocycles. The zero-order chi connectivity index (χ0) is 15.1. The van der Waals surface area contributed by atoms with Gasteiger partial charge in [-0.05, 0) is 49.3 Å². The highest BCUT2D eigenvalue weighted by atomic mass is 19.1. The van der Waals surface area contributed by atoms with Gasteiger partial charge in [-0.2, -0.15) is 0 Å². The molecule has 4 heteroatoms. The maximum Gasteiger partial charge on any atom is 0.193 e. The van der Waals surface area contributed by atoms with E-state index in [1.54, 1.807) is 12.1 Å². The van der Waals surface area contributed by atoms with Gasteiger partial charge in [0.1, 0.15) is 5.82 Å². The van der Waals surface area contributed by atoms with E-state index in [0.717, 1.165) is 49.9 Å². The van der Waals surface area contributed by atoms with Gasteiger partial charge < -0.3 is 10.2 Å². The SMILES string of the molecule is CN=C(NCCCc1cccc(F)c1)N1CCCC(C)C1. The van der Waals surface area contributed by atoms with Crippen LogP contribution in [0.1, 0.15) is 31.7 Å². The molecule has 1 saturated heterocycles. The minimum atomic E-state index is -0.154. The largest absolute Gasteiger partial charge is 0.356 e. The normalized spacial score (nSPS) is 19.7. The number of halogens is 1. The van der Waals surface area contributed by atoms with Crippen molar-refractivity contribution in [3.05, 3.63) is 35.6 Å². The minimum Gasteiger partial charge on any atom is -0.356 e. The molecule has 1 fully saturated rings. The molecule has 0 aromatic heterocycles.